The number of carbonyl (C=O) groups is 1. The molecular weight excluding hydrogens is 424 g/mol. The molecule has 0 amide bonds. The Morgan fingerprint density at radius 2 is 1.00 bits per heavy atom. The molecule has 0 aliphatic heterocycles. The minimum atomic E-state index is -0.302. The molecule has 0 aliphatic carbocycles. The zero-order chi connectivity index (χ0) is 25.7. The molecule has 0 aromatic heterocycles. The van der Waals surface area contributed by atoms with Gasteiger partial charge in [-0.1, -0.05) is 155 Å². The first kappa shape index (κ1) is 30.1. The van der Waals surface area contributed by atoms with Crippen molar-refractivity contribution in [1.29, 1.82) is 0 Å². The van der Waals surface area contributed by atoms with Crippen molar-refractivity contribution in [3.8, 4) is 11.1 Å². The maximum absolute atomic E-state index is 12.0. The molecule has 3 aromatic rings. The Morgan fingerprint density at radius 3 is 1.40 bits per heavy atom. The van der Waals surface area contributed by atoms with Crippen molar-refractivity contribution < 1.29 is 4.79 Å². The van der Waals surface area contributed by atoms with E-state index < -0.39 is 0 Å². The van der Waals surface area contributed by atoms with Gasteiger partial charge in [-0.25, -0.2) is 0 Å². The Hall–Kier alpha value is -2.93. The van der Waals surface area contributed by atoms with Gasteiger partial charge in [0, 0.05) is 11.0 Å². The summed E-state index contributed by atoms with van der Waals surface area (Å²) in [5.41, 5.74) is 6.94. The van der Waals surface area contributed by atoms with Crippen LogP contribution in [0.5, 0.6) is 0 Å². The molecule has 0 radical (unpaired) electrons. The van der Waals surface area contributed by atoms with Crippen LogP contribution in [0, 0.1) is 10.8 Å². The minimum absolute atomic E-state index is 0. The van der Waals surface area contributed by atoms with Gasteiger partial charge in [0.2, 0.25) is 0 Å². The highest BCUT2D eigenvalue weighted by Crippen LogP contribution is 2.33. The van der Waals surface area contributed by atoms with Crippen LogP contribution in [-0.2, 0) is 5.41 Å². The molecule has 3 aromatic carbocycles. The molecule has 0 atom stereocenters. The van der Waals surface area contributed by atoms with Gasteiger partial charge < -0.3 is 0 Å². The molecule has 3 rings (SSSR count). The molecule has 0 saturated heterocycles. The summed E-state index contributed by atoms with van der Waals surface area (Å²) in [6, 6.07) is 27.1. The second kappa shape index (κ2) is 11.7. The lowest BCUT2D eigenvalue weighted by atomic mass is 9.83. The van der Waals surface area contributed by atoms with E-state index in [1.165, 1.54) is 27.8 Å². The van der Waals surface area contributed by atoms with Crippen molar-refractivity contribution in [1.82, 2.24) is 0 Å². The van der Waals surface area contributed by atoms with E-state index in [1.807, 2.05) is 39.0 Å². The lowest BCUT2D eigenvalue weighted by molar-refractivity contribution is 0.0858. The fraction of sp³-hybridized carbons (Fsp3) is 0.382. The number of benzene rings is 3. The quantitative estimate of drug-likeness (QED) is 0.348. The van der Waals surface area contributed by atoms with Crippen LogP contribution in [0.2, 0.25) is 0 Å². The molecule has 0 spiro atoms. The lowest BCUT2D eigenvalue weighted by Gasteiger charge is -2.22. The molecule has 0 unspecified atom stereocenters. The smallest absolute Gasteiger partial charge is 0.168 e. The highest BCUT2D eigenvalue weighted by atomic mass is 16.1. The monoisotopic (exact) mass is 470 g/mol. The fourth-order valence-corrected chi connectivity index (χ4v) is 3.48. The third-order valence-electron chi connectivity index (χ3n) is 5.94. The molecule has 0 fully saturated rings. The van der Waals surface area contributed by atoms with E-state index in [0.29, 0.717) is 0 Å². The zero-order valence-corrected chi connectivity index (χ0v) is 22.6. The molecule has 0 bridgehead atoms. The Bertz CT molecular complexity index is 1080. The highest BCUT2D eigenvalue weighted by molar-refractivity contribution is 5.99. The number of carbonyl (C=O) groups excluding carboxylic acids is 1. The van der Waals surface area contributed by atoms with E-state index >= 15 is 0 Å². The predicted octanol–water partition coefficient (Wildman–Crippen LogP) is 10.3. The Balaban J connectivity index is 0.000000343. The van der Waals surface area contributed by atoms with Crippen LogP contribution in [-0.4, -0.2) is 5.78 Å². The molecule has 188 valence electrons. The maximum atomic E-state index is 12.0. The second-order valence-electron chi connectivity index (χ2n) is 12.1. The van der Waals surface area contributed by atoms with Gasteiger partial charge in [0.05, 0.1) is 0 Å². The van der Waals surface area contributed by atoms with Crippen molar-refractivity contribution in [3.05, 3.63) is 102 Å². The lowest BCUT2D eigenvalue weighted by Crippen LogP contribution is -2.20. The maximum Gasteiger partial charge on any atom is 0.168 e. The number of hydrogen-bond donors (Lipinski definition) is 0. The second-order valence-corrected chi connectivity index (χ2v) is 12.1. The number of rotatable bonds is 3. The molecule has 1 heteroatoms. The van der Waals surface area contributed by atoms with Crippen molar-refractivity contribution in [2.45, 2.75) is 75.2 Å². The first-order chi connectivity index (χ1) is 15.6. The zero-order valence-electron chi connectivity index (χ0n) is 22.6. The van der Waals surface area contributed by atoms with Gasteiger partial charge in [0.25, 0.3) is 0 Å². The van der Waals surface area contributed by atoms with E-state index in [2.05, 4.69) is 109 Å². The van der Waals surface area contributed by atoms with Gasteiger partial charge in [0.15, 0.2) is 5.78 Å². The average molecular weight is 471 g/mol. The van der Waals surface area contributed by atoms with Gasteiger partial charge in [-0.05, 0) is 38.7 Å². The van der Waals surface area contributed by atoms with Crippen molar-refractivity contribution >= 4 is 11.4 Å². The van der Waals surface area contributed by atoms with E-state index in [1.54, 1.807) is 0 Å². The Kier molecular flexibility index (Phi) is 10.0. The van der Waals surface area contributed by atoms with E-state index in [-0.39, 0.29) is 29.5 Å². The standard InChI is InChI=1S/C18H20.C15H22O.CH4/c1-14(18(2,3)4)15-10-12-17(13-11-15)16-8-6-5-7-9-16;1-14(2,3)12-9-7-11(8-10-12)13(16)15(4,5)6;/h5-13H,1H2,2-4H3;7-10H,1-6H3;1H4. The number of hydrogen-bond acceptors (Lipinski definition) is 1. The van der Waals surface area contributed by atoms with Gasteiger partial charge in [-0.2, -0.15) is 0 Å². The summed E-state index contributed by atoms with van der Waals surface area (Å²) < 4.78 is 0. The highest BCUT2D eigenvalue weighted by Gasteiger charge is 2.23. The van der Waals surface area contributed by atoms with E-state index in [0.717, 1.165) is 5.56 Å². The SMILES string of the molecule is C.C=C(c1ccc(-c2ccccc2)cc1)C(C)(C)C.CC(C)(C)C(=O)c1ccc(C(C)(C)C)cc1. The van der Waals surface area contributed by atoms with Crippen LogP contribution in [0.3, 0.4) is 0 Å². The number of Topliss-reactive ketones (excluding diaryl/α,β-unsaturated/α-hetero) is 1. The summed E-state index contributed by atoms with van der Waals surface area (Å²) in [6.07, 6.45) is 0. The van der Waals surface area contributed by atoms with Crippen molar-refractivity contribution in [2.75, 3.05) is 0 Å². The predicted molar refractivity (Wildman–Crippen MR) is 156 cm³/mol. The van der Waals surface area contributed by atoms with Gasteiger partial charge >= 0.3 is 0 Å². The summed E-state index contributed by atoms with van der Waals surface area (Å²) >= 11 is 0. The average Bonchev–Trinajstić information content (AvgIpc) is 2.77. The molecule has 1 nitrogen and oxygen atoms in total. The fourth-order valence-electron chi connectivity index (χ4n) is 3.48. The van der Waals surface area contributed by atoms with Gasteiger partial charge in [0.1, 0.15) is 0 Å². The van der Waals surface area contributed by atoms with Crippen molar-refractivity contribution in [2.24, 2.45) is 10.8 Å². The van der Waals surface area contributed by atoms with E-state index in [4.69, 9.17) is 0 Å². The largest absolute Gasteiger partial charge is 0.294 e. The number of allylic oxidation sites excluding steroid dienone is 1. The number of ketones is 1. The summed E-state index contributed by atoms with van der Waals surface area (Å²) in [7, 11) is 0. The molecule has 0 N–H and O–H groups in total. The van der Waals surface area contributed by atoms with Crippen LogP contribution in [0.4, 0.5) is 0 Å². The van der Waals surface area contributed by atoms with Gasteiger partial charge in [-0.3, -0.25) is 4.79 Å². The summed E-state index contributed by atoms with van der Waals surface area (Å²) in [4.78, 5) is 12.0. The molecule has 35 heavy (non-hydrogen) atoms. The van der Waals surface area contributed by atoms with Crippen LogP contribution < -0.4 is 0 Å². The molecule has 0 aliphatic rings. The third kappa shape index (κ3) is 8.66. The normalized spacial score (nSPS) is 11.6. The van der Waals surface area contributed by atoms with Crippen LogP contribution >= 0.6 is 0 Å². The van der Waals surface area contributed by atoms with Crippen molar-refractivity contribution in [3.63, 3.8) is 0 Å². The molecule has 0 heterocycles. The molecule has 0 saturated carbocycles. The Labute approximate surface area is 215 Å². The minimum Gasteiger partial charge on any atom is -0.294 e. The molecular formula is C34H46O. The first-order valence-electron chi connectivity index (χ1n) is 12.1. The van der Waals surface area contributed by atoms with Gasteiger partial charge in [-0.15, -0.1) is 0 Å². The van der Waals surface area contributed by atoms with Crippen LogP contribution in [0.15, 0.2) is 85.4 Å². The van der Waals surface area contributed by atoms with Crippen LogP contribution in [0.1, 0.15) is 91.2 Å². The van der Waals surface area contributed by atoms with E-state index in [9.17, 15) is 4.79 Å². The Morgan fingerprint density at radius 1 is 0.571 bits per heavy atom. The first-order valence-corrected chi connectivity index (χ1v) is 12.1. The third-order valence-corrected chi connectivity index (χ3v) is 5.94. The van der Waals surface area contributed by atoms with Crippen LogP contribution in [0.25, 0.3) is 16.7 Å². The topological polar surface area (TPSA) is 17.1 Å². The summed E-state index contributed by atoms with van der Waals surface area (Å²) in [6.45, 7) is 23.2. The summed E-state index contributed by atoms with van der Waals surface area (Å²) in [5.74, 6) is 0.202. The summed E-state index contributed by atoms with van der Waals surface area (Å²) in [5, 5.41) is 0.